The highest BCUT2D eigenvalue weighted by Crippen LogP contribution is 2.52. The normalized spacial score (nSPS) is 38.1. The lowest BCUT2D eigenvalue weighted by Crippen LogP contribution is -2.99. The highest BCUT2D eigenvalue weighted by molar-refractivity contribution is 5.65. The number of carbonyl (C=O) groups excluding carboxylic acids is 1. The van der Waals surface area contributed by atoms with Crippen molar-refractivity contribution in [1.29, 1.82) is 0 Å². The van der Waals surface area contributed by atoms with Crippen LogP contribution in [0.25, 0.3) is 0 Å². The van der Waals surface area contributed by atoms with Gasteiger partial charge in [-0.2, -0.15) is 0 Å². The van der Waals surface area contributed by atoms with E-state index in [-0.39, 0.29) is 5.41 Å². The molecule has 144 valence electrons. The van der Waals surface area contributed by atoms with E-state index < -0.39 is 0 Å². The first kappa shape index (κ1) is 16.4. The molecule has 4 heteroatoms. The van der Waals surface area contributed by atoms with Crippen LogP contribution in [0.1, 0.15) is 50.5 Å². The van der Waals surface area contributed by atoms with Gasteiger partial charge in [0.25, 0.3) is 0 Å². The van der Waals surface area contributed by atoms with Crippen molar-refractivity contribution in [2.75, 3.05) is 25.0 Å². The minimum absolute atomic E-state index is 0.246. The van der Waals surface area contributed by atoms with Gasteiger partial charge in [0, 0.05) is 42.6 Å². The number of hydrogen-bond acceptors (Lipinski definition) is 2. The number of nitrogens with two attached hydrogens (primary N) is 1. The van der Waals surface area contributed by atoms with Gasteiger partial charge in [-0.1, -0.05) is 18.2 Å². The van der Waals surface area contributed by atoms with E-state index >= 15 is 0 Å². The number of urea groups is 1. The van der Waals surface area contributed by atoms with E-state index in [1.165, 1.54) is 43.4 Å². The number of quaternary nitrogens is 1. The van der Waals surface area contributed by atoms with Crippen molar-refractivity contribution in [2.24, 2.45) is 23.7 Å². The average molecular weight is 367 g/mol. The third-order valence-electron chi connectivity index (χ3n) is 8.78. The van der Waals surface area contributed by atoms with Gasteiger partial charge in [-0.3, -0.25) is 10.2 Å². The molecule has 0 unspecified atom stereocenters. The molecule has 4 aliphatic carbocycles. The van der Waals surface area contributed by atoms with Gasteiger partial charge in [0.2, 0.25) is 0 Å². The second-order valence-electron chi connectivity index (χ2n) is 10.2. The Hall–Kier alpha value is -1.55. The number of rotatable bonds is 1. The molecule has 2 heterocycles. The van der Waals surface area contributed by atoms with Gasteiger partial charge in [0.05, 0.1) is 6.04 Å². The maximum atomic E-state index is 13.1. The topological polar surface area (TPSA) is 49.0 Å². The zero-order valence-electron chi connectivity index (χ0n) is 16.2. The standard InChI is InChI=1S/C23H31N3O/c27-22(25-21-17-10-15-9-16(12-17)13-18(21)11-15)26-7-5-23(6-8-26)14-24-20-4-2-1-3-19(20)23/h1-4,15-18,21,24H,5-14H2,(H,25,27)/p+1. The molecule has 2 aliphatic heterocycles. The summed E-state index contributed by atoms with van der Waals surface area (Å²) >= 11 is 0. The Labute approximate surface area is 162 Å². The number of nitrogens with one attached hydrogen (secondary N) is 1. The van der Waals surface area contributed by atoms with Gasteiger partial charge in [0.1, 0.15) is 0 Å². The Balaban J connectivity index is 1.11. The predicted octanol–water partition coefficient (Wildman–Crippen LogP) is 2.95. The van der Waals surface area contributed by atoms with E-state index in [0.29, 0.717) is 12.1 Å². The van der Waals surface area contributed by atoms with Crippen LogP contribution >= 0.6 is 0 Å². The molecule has 0 aromatic heterocycles. The zero-order chi connectivity index (χ0) is 18.0. The molecule has 1 saturated heterocycles. The third-order valence-corrected chi connectivity index (χ3v) is 8.78. The Kier molecular flexibility index (Phi) is 3.63. The second-order valence-corrected chi connectivity index (χ2v) is 10.2. The summed E-state index contributed by atoms with van der Waals surface area (Å²) in [5.41, 5.74) is 3.02. The fourth-order valence-electron chi connectivity index (χ4n) is 7.57. The molecule has 7 rings (SSSR count). The number of fused-ring (bicyclic) bond motifs is 2. The van der Waals surface area contributed by atoms with Crippen molar-refractivity contribution in [3.8, 4) is 0 Å². The first-order valence-corrected chi connectivity index (χ1v) is 11.2. The third kappa shape index (κ3) is 2.55. The van der Waals surface area contributed by atoms with Gasteiger partial charge in [-0.05, 0) is 68.4 Å². The number of carbonyl (C=O) groups is 1. The van der Waals surface area contributed by atoms with E-state index in [2.05, 4.69) is 39.8 Å². The van der Waals surface area contributed by atoms with Crippen molar-refractivity contribution in [2.45, 2.75) is 56.4 Å². The Bertz CT molecular complexity index is 724. The van der Waals surface area contributed by atoms with E-state index in [1.807, 2.05) is 0 Å². The van der Waals surface area contributed by atoms with Crippen molar-refractivity contribution < 1.29 is 10.1 Å². The average Bonchev–Trinajstić information content (AvgIpc) is 3.03. The minimum Gasteiger partial charge on any atom is -0.384 e. The highest BCUT2D eigenvalue weighted by Gasteiger charge is 2.51. The number of nitrogens with zero attached hydrogens (tertiary/aromatic N) is 1. The summed E-state index contributed by atoms with van der Waals surface area (Å²) in [6, 6.07) is 9.67. The molecule has 1 aromatic carbocycles. The largest absolute Gasteiger partial charge is 0.416 e. The molecule has 4 saturated carbocycles. The monoisotopic (exact) mass is 366 g/mol. The van der Waals surface area contributed by atoms with Crippen LogP contribution in [-0.4, -0.2) is 36.6 Å². The summed E-state index contributed by atoms with van der Waals surface area (Å²) in [6.45, 7) is 2.87. The molecule has 1 aromatic rings. The van der Waals surface area contributed by atoms with Crippen molar-refractivity contribution in [3.63, 3.8) is 0 Å². The second kappa shape index (κ2) is 5.97. The molecule has 2 amide bonds. The van der Waals surface area contributed by atoms with Crippen LogP contribution in [0.5, 0.6) is 0 Å². The molecular formula is C23H32N3O+. The summed E-state index contributed by atoms with van der Waals surface area (Å²) in [5.74, 6) is 3.59. The smallest absolute Gasteiger partial charge is 0.384 e. The first-order chi connectivity index (χ1) is 13.2. The Morgan fingerprint density at radius 1 is 1.00 bits per heavy atom. The summed E-state index contributed by atoms with van der Waals surface area (Å²) in [5, 5.41) is 5.77. The lowest BCUT2D eigenvalue weighted by Gasteiger charge is -2.52. The molecule has 1 spiro atoms. The molecule has 4 bridgehead atoms. The number of likely N-dealkylation sites (tertiary alicyclic amines) is 1. The van der Waals surface area contributed by atoms with Gasteiger partial charge >= 0.3 is 6.03 Å². The number of primary amides is 1. The molecule has 27 heavy (non-hydrogen) atoms. The molecule has 0 radical (unpaired) electrons. The number of piperidine rings is 1. The molecule has 5 fully saturated rings. The van der Waals surface area contributed by atoms with Crippen molar-refractivity contribution >= 4 is 11.7 Å². The van der Waals surface area contributed by atoms with Gasteiger partial charge in [0.15, 0.2) is 0 Å². The zero-order valence-corrected chi connectivity index (χ0v) is 16.2. The van der Waals surface area contributed by atoms with E-state index in [1.54, 1.807) is 0 Å². The van der Waals surface area contributed by atoms with Crippen molar-refractivity contribution in [3.05, 3.63) is 29.8 Å². The maximum Gasteiger partial charge on any atom is 0.416 e. The molecule has 0 atom stereocenters. The van der Waals surface area contributed by atoms with Crippen LogP contribution in [0, 0.1) is 23.7 Å². The maximum absolute atomic E-state index is 13.1. The number of benzene rings is 1. The SMILES string of the molecule is O=C([NH2+]C1C2CC3CC(C2)CC1C3)N1CCC2(CC1)CNc1ccccc12. The lowest BCUT2D eigenvalue weighted by atomic mass is 9.54. The Morgan fingerprint density at radius 2 is 1.67 bits per heavy atom. The van der Waals surface area contributed by atoms with Gasteiger partial charge in [-0.25, -0.2) is 4.79 Å². The number of anilines is 1. The van der Waals surface area contributed by atoms with Crippen LogP contribution in [0.4, 0.5) is 10.5 Å². The van der Waals surface area contributed by atoms with Gasteiger partial charge < -0.3 is 5.32 Å². The van der Waals surface area contributed by atoms with E-state index in [0.717, 1.165) is 56.1 Å². The van der Waals surface area contributed by atoms with Gasteiger partial charge in [-0.15, -0.1) is 0 Å². The molecule has 3 N–H and O–H groups in total. The highest BCUT2D eigenvalue weighted by atomic mass is 16.2. The number of hydrogen-bond donors (Lipinski definition) is 2. The Morgan fingerprint density at radius 3 is 2.37 bits per heavy atom. The number of para-hydroxylation sites is 1. The first-order valence-electron chi connectivity index (χ1n) is 11.2. The summed E-state index contributed by atoms with van der Waals surface area (Å²) < 4.78 is 0. The van der Waals surface area contributed by atoms with E-state index in [4.69, 9.17) is 0 Å². The summed E-state index contributed by atoms with van der Waals surface area (Å²) in [6.07, 6.45) is 9.26. The molecule has 6 aliphatic rings. The van der Waals surface area contributed by atoms with Crippen molar-refractivity contribution in [1.82, 2.24) is 4.90 Å². The minimum atomic E-state index is 0.246. The van der Waals surface area contributed by atoms with Crippen LogP contribution < -0.4 is 10.6 Å². The molecule has 4 nitrogen and oxygen atoms in total. The quantitative estimate of drug-likeness (QED) is 0.803. The fourth-order valence-corrected chi connectivity index (χ4v) is 7.57. The predicted molar refractivity (Wildman–Crippen MR) is 106 cm³/mol. The van der Waals surface area contributed by atoms with E-state index in [9.17, 15) is 4.79 Å². The van der Waals surface area contributed by atoms with Crippen LogP contribution in [0.2, 0.25) is 0 Å². The number of amides is 2. The summed E-state index contributed by atoms with van der Waals surface area (Å²) in [4.78, 5) is 15.2. The lowest BCUT2D eigenvalue weighted by molar-refractivity contribution is -0.626. The van der Waals surface area contributed by atoms with Crippen LogP contribution in [0.15, 0.2) is 24.3 Å². The molecular weight excluding hydrogens is 334 g/mol. The summed E-state index contributed by atoms with van der Waals surface area (Å²) in [7, 11) is 0. The van der Waals surface area contributed by atoms with Crippen LogP contribution in [0.3, 0.4) is 0 Å². The van der Waals surface area contributed by atoms with Crippen LogP contribution in [-0.2, 0) is 5.41 Å². The fraction of sp³-hybridized carbons (Fsp3) is 0.696.